The van der Waals surface area contributed by atoms with E-state index in [4.69, 9.17) is 10.5 Å². The zero-order valence-corrected chi connectivity index (χ0v) is 16.8. The first-order valence-corrected chi connectivity index (χ1v) is 9.53. The van der Waals surface area contributed by atoms with Gasteiger partial charge in [-0.3, -0.25) is 0 Å². The fourth-order valence-electron chi connectivity index (χ4n) is 2.82. The Morgan fingerprint density at radius 1 is 1.36 bits per heavy atom. The molecule has 0 amide bonds. The van der Waals surface area contributed by atoms with Crippen molar-refractivity contribution in [3.8, 4) is 17.3 Å². The van der Waals surface area contributed by atoms with Crippen LogP contribution in [0.25, 0.3) is 11.5 Å². The minimum Gasteiger partial charge on any atom is -0.493 e. The molecule has 1 unspecified atom stereocenters. The van der Waals surface area contributed by atoms with E-state index in [-0.39, 0.29) is 11.6 Å². The summed E-state index contributed by atoms with van der Waals surface area (Å²) in [5, 5.41) is 17.4. The second-order valence-electron chi connectivity index (χ2n) is 6.29. The van der Waals surface area contributed by atoms with E-state index in [0.29, 0.717) is 29.7 Å². The normalized spacial score (nSPS) is 11.9. The molecule has 28 heavy (non-hydrogen) atoms. The molecule has 2 heterocycles. The van der Waals surface area contributed by atoms with E-state index < -0.39 is 5.97 Å². The summed E-state index contributed by atoms with van der Waals surface area (Å²) >= 11 is 3.33. The number of carbonyl (C=O) groups is 1. The quantitative estimate of drug-likeness (QED) is 0.506. The molecule has 1 aromatic carbocycles. The van der Waals surface area contributed by atoms with Gasteiger partial charge in [-0.2, -0.15) is 0 Å². The lowest BCUT2D eigenvalue weighted by atomic mass is 10.1. The zero-order chi connectivity index (χ0) is 20.1. The number of hydrogen-bond acceptors (Lipinski definition) is 6. The minimum absolute atomic E-state index is 0.110. The van der Waals surface area contributed by atoms with Gasteiger partial charge in [0.2, 0.25) is 0 Å². The Bertz CT molecular complexity index is 976. The number of ether oxygens (including phenoxy) is 1. The Kier molecular flexibility index (Phi) is 6.25. The number of rotatable bonds is 8. The number of nitrogens with two attached hydrogens (primary N) is 1. The molecule has 2 aromatic heterocycles. The van der Waals surface area contributed by atoms with Crippen molar-refractivity contribution < 1.29 is 14.6 Å². The molecule has 0 radical (unpaired) electrons. The van der Waals surface area contributed by atoms with E-state index in [1.807, 2.05) is 16.7 Å². The van der Waals surface area contributed by atoms with E-state index in [9.17, 15) is 9.90 Å². The molecule has 1 atom stereocenters. The molecule has 146 valence electrons. The van der Waals surface area contributed by atoms with Crippen LogP contribution < -0.4 is 10.5 Å². The highest BCUT2D eigenvalue weighted by Gasteiger charge is 2.15. The number of benzene rings is 1. The SMILES string of the molecule is CC(CCCOc1cc(Br)ccc1C(=O)O)n1cnnc1-c1cccc(N)n1. The van der Waals surface area contributed by atoms with Crippen LogP contribution in [-0.4, -0.2) is 37.4 Å². The van der Waals surface area contributed by atoms with Crippen molar-refractivity contribution in [1.82, 2.24) is 19.7 Å². The fourth-order valence-corrected chi connectivity index (χ4v) is 3.16. The van der Waals surface area contributed by atoms with Crippen LogP contribution in [0.5, 0.6) is 5.75 Å². The van der Waals surface area contributed by atoms with Crippen LogP contribution in [-0.2, 0) is 0 Å². The summed E-state index contributed by atoms with van der Waals surface area (Å²) in [5.74, 6) is 0.417. The molecule has 9 heteroatoms. The first kappa shape index (κ1) is 19.8. The van der Waals surface area contributed by atoms with E-state index in [1.54, 1.807) is 24.5 Å². The third kappa shape index (κ3) is 4.66. The van der Waals surface area contributed by atoms with Gasteiger partial charge in [0.1, 0.15) is 29.2 Å². The summed E-state index contributed by atoms with van der Waals surface area (Å²) in [6.07, 6.45) is 3.20. The summed E-state index contributed by atoms with van der Waals surface area (Å²) in [4.78, 5) is 15.6. The van der Waals surface area contributed by atoms with Gasteiger partial charge < -0.3 is 20.1 Å². The highest BCUT2D eigenvalue weighted by atomic mass is 79.9. The van der Waals surface area contributed by atoms with E-state index >= 15 is 0 Å². The maximum Gasteiger partial charge on any atom is 0.339 e. The first-order chi connectivity index (χ1) is 13.5. The van der Waals surface area contributed by atoms with E-state index in [2.05, 4.69) is 38.0 Å². The molecule has 0 aliphatic heterocycles. The fraction of sp³-hybridized carbons (Fsp3) is 0.263. The van der Waals surface area contributed by atoms with Gasteiger partial charge in [0.05, 0.1) is 6.61 Å². The Balaban J connectivity index is 1.61. The molecule has 0 aliphatic rings. The molecule has 0 fully saturated rings. The van der Waals surface area contributed by atoms with Gasteiger partial charge in [-0.05, 0) is 50.1 Å². The number of nitrogen functional groups attached to an aromatic ring is 1. The summed E-state index contributed by atoms with van der Waals surface area (Å²) in [6, 6.07) is 10.4. The third-order valence-corrected chi connectivity index (χ3v) is 4.74. The lowest BCUT2D eigenvalue weighted by molar-refractivity contribution is 0.0692. The number of hydrogen-bond donors (Lipinski definition) is 2. The molecule has 0 saturated carbocycles. The van der Waals surface area contributed by atoms with Crippen LogP contribution in [0.15, 0.2) is 47.2 Å². The Morgan fingerprint density at radius 3 is 2.93 bits per heavy atom. The van der Waals surface area contributed by atoms with Crippen molar-refractivity contribution in [2.75, 3.05) is 12.3 Å². The number of pyridine rings is 1. The van der Waals surface area contributed by atoms with Crippen LogP contribution in [0.3, 0.4) is 0 Å². The minimum atomic E-state index is -1.01. The van der Waals surface area contributed by atoms with E-state index in [1.165, 1.54) is 6.07 Å². The van der Waals surface area contributed by atoms with Gasteiger partial charge >= 0.3 is 5.97 Å². The second kappa shape index (κ2) is 8.83. The number of carboxylic acids is 1. The predicted octanol–water partition coefficient (Wildman–Crippen LogP) is 3.80. The monoisotopic (exact) mass is 445 g/mol. The molecular formula is C19H20BrN5O3. The lowest BCUT2D eigenvalue weighted by Crippen LogP contribution is -2.10. The molecule has 0 spiro atoms. The number of anilines is 1. The van der Waals surface area contributed by atoms with Crippen LogP contribution in [0.1, 0.15) is 36.2 Å². The third-order valence-electron chi connectivity index (χ3n) is 4.25. The highest BCUT2D eigenvalue weighted by molar-refractivity contribution is 9.10. The van der Waals surface area contributed by atoms with Crippen LogP contribution in [0.2, 0.25) is 0 Å². The van der Waals surface area contributed by atoms with Crippen molar-refractivity contribution in [2.24, 2.45) is 0 Å². The van der Waals surface area contributed by atoms with Crippen LogP contribution in [0, 0.1) is 0 Å². The number of halogens is 1. The van der Waals surface area contributed by atoms with Gasteiger partial charge in [-0.15, -0.1) is 10.2 Å². The molecule has 3 rings (SSSR count). The lowest BCUT2D eigenvalue weighted by Gasteiger charge is -2.16. The maximum atomic E-state index is 11.3. The van der Waals surface area contributed by atoms with Crippen molar-refractivity contribution >= 4 is 27.7 Å². The topological polar surface area (TPSA) is 116 Å². The summed E-state index contributed by atoms with van der Waals surface area (Å²) in [7, 11) is 0. The molecule has 3 aromatic rings. The molecule has 0 bridgehead atoms. The van der Waals surface area contributed by atoms with Gasteiger partial charge in [0, 0.05) is 10.5 Å². The standard InChI is InChI=1S/C19H20BrN5O3/c1-12(25-11-22-24-18(25)15-5-2-6-17(21)23-15)4-3-9-28-16-10-13(20)7-8-14(16)19(26)27/h2,5-8,10-12H,3-4,9H2,1H3,(H2,21,23)(H,26,27). The average molecular weight is 446 g/mol. The molecule has 0 saturated heterocycles. The first-order valence-electron chi connectivity index (χ1n) is 8.73. The van der Waals surface area contributed by atoms with Gasteiger partial charge in [-0.25, -0.2) is 9.78 Å². The van der Waals surface area contributed by atoms with E-state index in [0.717, 1.165) is 17.3 Å². The van der Waals surface area contributed by atoms with Gasteiger partial charge in [-0.1, -0.05) is 22.0 Å². The molecular weight excluding hydrogens is 426 g/mol. The van der Waals surface area contributed by atoms with Gasteiger partial charge in [0.25, 0.3) is 0 Å². The Morgan fingerprint density at radius 2 is 2.18 bits per heavy atom. The summed E-state index contributed by atoms with van der Waals surface area (Å²) in [5.41, 5.74) is 6.57. The maximum absolute atomic E-state index is 11.3. The molecule has 0 aliphatic carbocycles. The van der Waals surface area contributed by atoms with Crippen molar-refractivity contribution in [3.05, 3.63) is 52.8 Å². The number of aromatic nitrogens is 4. The Labute approximate surface area is 170 Å². The van der Waals surface area contributed by atoms with Crippen molar-refractivity contribution in [3.63, 3.8) is 0 Å². The number of carboxylic acid groups (broad SMARTS) is 1. The molecule has 3 N–H and O–H groups in total. The largest absolute Gasteiger partial charge is 0.493 e. The summed E-state index contributed by atoms with van der Waals surface area (Å²) < 4.78 is 8.41. The summed E-state index contributed by atoms with van der Waals surface area (Å²) in [6.45, 7) is 2.45. The predicted molar refractivity (Wildman–Crippen MR) is 108 cm³/mol. The number of nitrogens with zero attached hydrogens (tertiary/aromatic N) is 4. The second-order valence-corrected chi connectivity index (χ2v) is 7.21. The molecule has 8 nitrogen and oxygen atoms in total. The van der Waals surface area contributed by atoms with Crippen molar-refractivity contribution in [2.45, 2.75) is 25.8 Å². The average Bonchev–Trinajstić information content (AvgIpc) is 3.15. The van der Waals surface area contributed by atoms with Gasteiger partial charge in [0.15, 0.2) is 5.82 Å². The number of aromatic carboxylic acids is 1. The van der Waals surface area contributed by atoms with Crippen molar-refractivity contribution in [1.29, 1.82) is 0 Å². The Hall–Kier alpha value is -2.94. The highest BCUT2D eigenvalue weighted by Crippen LogP contribution is 2.25. The van der Waals surface area contributed by atoms with Crippen LogP contribution in [0.4, 0.5) is 5.82 Å². The smallest absolute Gasteiger partial charge is 0.339 e. The van der Waals surface area contributed by atoms with Crippen LogP contribution >= 0.6 is 15.9 Å². The zero-order valence-electron chi connectivity index (χ0n) is 15.2.